The van der Waals surface area contributed by atoms with E-state index in [1.165, 1.54) is 0 Å². The summed E-state index contributed by atoms with van der Waals surface area (Å²) in [5, 5.41) is 6.24. The minimum absolute atomic E-state index is 0.128. The van der Waals surface area contributed by atoms with Crippen LogP contribution in [0.5, 0.6) is 5.75 Å². The fourth-order valence-corrected chi connectivity index (χ4v) is 3.76. The fraction of sp³-hybridized carbons (Fsp3) is 0.0870. The summed E-state index contributed by atoms with van der Waals surface area (Å²) in [6.45, 7) is -0.273. The van der Waals surface area contributed by atoms with Crippen LogP contribution in [0.25, 0.3) is 20.8 Å². The second kappa shape index (κ2) is 9.19. The highest BCUT2D eigenvalue weighted by molar-refractivity contribution is 7.21. The molecule has 0 saturated heterocycles. The predicted molar refractivity (Wildman–Crippen MR) is 119 cm³/mol. The SMILES string of the molecule is O=C(COc1ccccc1)NCC(=O)Nc1ccc(-c2nc3ccccc3s2)cc1. The van der Waals surface area contributed by atoms with Gasteiger partial charge in [0.25, 0.3) is 5.91 Å². The number of benzene rings is 3. The van der Waals surface area contributed by atoms with Gasteiger partial charge in [-0.15, -0.1) is 11.3 Å². The Hall–Kier alpha value is -3.71. The van der Waals surface area contributed by atoms with Gasteiger partial charge in [0.2, 0.25) is 5.91 Å². The molecule has 0 aliphatic carbocycles. The molecule has 7 heteroatoms. The first kappa shape index (κ1) is 19.6. The van der Waals surface area contributed by atoms with E-state index in [2.05, 4.69) is 15.6 Å². The van der Waals surface area contributed by atoms with Crippen molar-refractivity contribution in [1.29, 1.82) is 0 Å². The highest BCUT2D eigenvalue weighted by Crippen LogP contribution is 2.30. The lowest BCUT2D eigenvalue weighted by Crippen LogP contribution is -2.35. The van der Waals surface area contributed by atoms with Crippen LogP contribution in [0.3, 0.4) is 0 Å². The number of para-hydroxylation sites is 2. The Labute approximate surface area is 177 Å². The number of hydrogen-bond donors (Lipinski definition) is 2. The van der Waals surface area contributed by atoms with E-state index in [-0.39, 0.29) is 25.0 Å². The molecule has 30 heavy (non-hydrogen) atoms. The summed E-state index contributed by atoms with van der Waals surface area (Å²) in [7, 11) is 0. The molecule has 0 unspecified atom stereocenters. The molecule has 0 radical (unpaired) electrons. The van der Waals surface area contributed by atoms with Gasteiger partial charge in [-0.25, -0.2) is 4.98 Å². The first-order chi connectivity index (χ1) is 14.7. The number of aromatic nitrogens is 1. The van der Waals surface area contributed by atoms with Crippen molar-refractivity contribution in [2.45, 2.75) is 0 Å². The summed E-state index contributed by atoms with van der Waals surface area (Å²) in [5.41, 5.74) is 2.61. The number of carbonyl (C=O) groups excluding carboxylic acids is 2. The number of amides is 2. The van der Waals surface area contributed by atoms with Gasteiger partial charge in [-0.05, 0) is 48.5 Å². The van der Waals surface area contributed by atoms with Crippen LogP contribution in [0, 0.1) is 0 Å². The lowest BCUT2D eigenvalue weighted by Gasteiger charge is -2.08. The van der Waals surface area contributed by atoms with Gasteiger partial charge in [-0.3, -0.25) is 9.59 Å². The average molecular weight is 417 g/mol. The van der Waals surface area contributed by atoms with E-state index in [9.17, 15) is 9.59 Å². The van der Waals surface area contributed by atoms with E-state index >= 15 is 0 Å². The summed E-state index contributed by atoms with van der Waals surface area (Å²) in [4.78, 5) is 28.5. The van der Waals surface area contributed by atoms with Crippen molar-refractivity contribution < 1.29 is 14.3 Å². The van der Waals surface area contributed by atoms with Crippen molar-refractivity contribution in [3.63, 3.8) is 0 Å². The van der Waals surface area contributed by atoms with E-state index in [1.807, 2.05) is 66.7 Å². The van der Waals surface area contributed by atoms with E-state index in [0.717, 1.165) is 20.8 Å². The first-order valence-corrected chi connectivity index (χ1v) is 10.2. The van der Waals surface area contributed by atoms with Crippen molar-refractivity contribution in [2.24, 2.45) is 0 Å². The van der Waals surface area contributed by atoms with Gasteiger partial charge in [-0.1, -0.05) is 30.3 Å². The van der Waals surface area contributed by atoms with Crippen molar-refractivity contribution in [2.75, 3.05) is 18.5 Å². The lowest BCUT2D eigenvalue weighted by molar-refractivity contribution is -0.125. The van der Waals surface area contributed by atoms with Crippen LogP contribution >= 0.6 is 11.3 Å². The van der Waals surface area contributed by atoms with Crippen LogP contribution in [0.4, 0.5) is 5.69 Å². The van der Waals surface area contributed by atoms with Crippen LogP contribution in [-0.4, -0.2) is 29.9 Å². The van der Waals surface area contributed by atoms with Crippen LogP contribution in [0.2, 0.25) is 0 Å². The average Bonchev–Trinajstić information content (AvgIpc) is 3.22. The van der Waals surface area contributed by atoms with Gasteiger partial charge < -0.3 is 15.4 Å². The van der Waals surface area contributed by atoms with Gasteiger partial charge >= 0.3 is 0 Å². The Morgan fingerprint density at radius 2 is 1.60 bits per heavy atom. The Morgan fingerprint density at radius 1 is 0.867 bits per heavy atom. The smallest absolute Gasteiger partial charge is 0.258 e. The lowest BCUT2D eigenvalue weighted by atomic mass is 10.2. The number of ether oxygens (including phenoxy) is 1. The number of thiazole rings is 1. The second-order valence-electron chi connectivity index (χ2n) is 6.49. The molecule has 4 aromatic rings. The topological polar surface area (TPSA) is 80.3 Å². The standard InChI is InChI=1S/C23H19N3O3S/c27-21(14-24-22(28)15-29-18-6-2-1-3-7-18)25-17-12-10-16(11-13-17)23-26-19-8-4-5-9-20(19)30-23/h1-13H,14-15H2,(H,24,28)(H,25,27). The van der Waals surface area contributed by atoms with Crippen molar-refractivity contribution in [3.8, 4) is 16.3 Å². The fourth-order valence-electron chi connectivity index (χ4n) is 2.79. The molecule has 0 spiro atoms. The molecule has 2 amide bonds. The zero-order valence-electron chi connectivity index (χ0n) is 16.0. The Morgan fingerprint density at radius 3 is 2.37 bits per heavy atom. The minimum Gasteiger partial charge on any atom is -0.484 e. The summed E-state index contributed by atoms with van der Waals surface area (Å²) >= 11 is 1.63. The molecular weight excluding hydrogens is 398 g/mol. The number of nitrogens with zero attached hydrogens (tertiary/aromatic N) is 1. The van der Waals surface area contributed by atoms with Gasteiger partial charge in [-0.2, -0.15) is 0 Å². The predicted octanol–water partition coefficient (Wildman–Crippen LogP) is 4.10. The third-order valence-electron chi connectivity index (χ3n) is 4.27. The largest absolute Gasteiger partial charge is 0.484 e. The molecule has 1 aromatic heterocycles. The molecule has 0 aliphatic rings. The van der Waals surface area contributed by atoms with Crippen LogP contribution in [0.15, 0.2) is 78.9 Å². The number of hydrogen-bond acceptors (Lipinski definition) is 5. The normalized spacial score (nSPS) is 10.5. The van der Waals surface area contributed by atoms with Crippen LogP contribution < -0.4 is 15.4 Å². The zero-order chi connectivity index (χ0) is 20.8. The summed E-state index contributed by atoms with van der Waals surface area (Å²) in [6.07, 6.45) is 0. The number of anilines is 1. The van der Waals surface area contributed by atoms with Crippen LogP contribution in [0.1, 0.15) is 0 Å². The summed E-state index contributed by atoms with van der Waals surface area (Å²) in [5.74, 6) is -0.0682. The number of nitrogens with one attached hydrogen (secondary N) is 2. The molecule has 1 heterocycles. The maximum absolute atomic E-state index is 12.1. The monoisotopic (exact) mass is 417 g/mol. The molecule has 0 aliphatic heterocycles. The summed E-state index contributed by atoms with van der Waals surface area (Å²) in [6, 6.07) is 24.5. The van der Waals surface area contributed by atoms with Crippen molar-refractivity contribution in [1.82, 2.24) is 10.3 Å². The summed E-state index contributed by atoms with van der Waals surface area (Å²) < 4.78 is 6.48. The minimum atomic E-state index is -0.361. The third-order valence-corrected chi connectivity index (χ3v) is 5.35. The number of rotatable bonds is 7. The first-order valence-electron chi connectivity index (χ1n) is 9.38. The molecule has 0 fully saturated rings. The zero-order valence-corrected chi connectivity index (χ0v) is 16.8. The molecule has 0 atom stereocenters. The van der Waals surface area contributed by atoms with Gasteiger partial charge in [0.1, 0.15) is 10.8 Å². The molecule has 2 N–H and O–H groups in total. The molecule has 3 aromatic carbocycles. The van der Waals surface area contributed by atoms with Gasteiger partial charge in [0.15, 0.2) is 6.61 Å². The molecule has 4 rings (SSSR count). The van der Waals surface area contributed by atoms with E-state index < -0.39 is 0 Å². The van der Waals surface area contributed by atoms with Crippen molar-refractivity contribution in [3.05, 3.63) is 78.9 Å². The highest BCUT2D eigenvalue weighted by Gasteiger charge is 2.09. The molecule has 150 valence electrons. The van der Waals surface area contributed by atoms with E-state index in [4.69, 9.17) is 4.74 Å². The van der Waals surface area contributed by atoms with E-state index in [0.29, 0.717) is 11.4 Å². The second-order valence-corrected chi connectivity index (χ2v) is 7.52. The highest BCUT2D eigenvalue weighted by atomic mass is 32.1. The van der Waals surface area contributed by atoms with Crippen molar-refractivity contribution >= 4 is 39.1 Å². The molecule has 6 nitrogen and oxygen atoms in total. The molecule has 0 bridgehead atoms. The number of carbonyl (C=O) groups is 2. The maximum atomic E-state index is 12.1. The van der Waals surface area contributed by atoms with Gasteiger partial charge in [0.05, 0.1) is 16.8 Å². The van der Waals surface area contributed by atoms with Gasteiger partial charge in [0, 0.05) is 11.3 Å². The van der Waals surface area contributed by atoms with Crippen LogP contribution in [-0.2, 0) is 9.59 Å². The molecule has 0 saturated carbocycles. The Kier molecular flexibility index (Phi) is 6.01. The number of fused-ring (bicyclic) bond motifs is 1. The van der Waals surface area contributed by atoms with E-state index in [1.54, 1.807) is 23.5 Å². The maximum Gasteiger partial charge on any atom is 0.258 e. The Balaban J connectivity index is 1.26. The Bertz CT molecular complexity index is 1120. The third kappa shape index (κ3) is 5.01. The quantitative estimate of drug-likeness (QED) is 0.475. The molecular formula is C23H19N3O3S.